The number of carbonyl (C=O) groups excluding carboxylic acids is 2. The average Bonchev–Trinajstić information content (AvgIpc) is 2.79. The van der Waals surface area contributed by atoms with Crippen LogP contribution in [0.2, 0.25) is 0 Å². The van der Waals surface area contributed by atoms with E-state index in [0.717, 1.165) is 15.4 Å². The molecule has 6 nitrogen and oxygen atoms in total. The van der Waals surface area contributed by atoms with E-state index in [2.05, 4.69) is 10.6 Å². The van der Waals surface area contributed by atoms with Gasteiger partial charge in [0.05, 0.1) is 19.9 Å². The molecule has 0 aliphatic carbocycles. The first kappa shape index (κ1) is 23.2. The van der Waals surface area contributed by atoms with Crippen molar-refractivity contribution in [2.75, 3.05) is 19.5 Å². The molecule has 0 heterocycles. The fourth-order valence-corrected chi connectivity index (χ4v) is 3.94. The van der Waals surface area contributed by atoms with Crippen molar-refractivity contribution < 1.29 is 19.1 Å². The number of amides is 2. The fraction of sp³-hybridized carbons (Fsp3) is 0.200. The highest BCUT2D eigenvalue weighted by atomic mass is 32.2. The van der Waals surface area contributed by atoms with Crippen LogP contribution in [-0.4, -0.2) is 26.0 Å². The number of rotatable bonds is 8. The number of benzene rings is 3. The standard InChI is InChI=1S/C25H26N2O4S/c1-16-5-10-21(11-6-16)32-24-12-8-18(13-22(24)27-17(2)28)25(29)26-15-19-7-9-20(30-3)14-23(19)31-4/h5-14H,15H2,1-4H3,(H,26,29)(H,27,28). The van der Waals surface area contributed by atoms with Crippen LogP contribution in [0, 0.1) is 6.92 Å². The second-order valence-electron chi connectivity index (χ2n) is 7.17. The van der Waals surface area contributed by atoms with Crippen LogP contribution < -0.4 is 20.1 Å². The van der Waals surface area contributed by atoms with Gasteiger partial charge >= 0.3 is 0 Å². The summed E-state index contributed by atoms with van der Waals surface area (Å²) in [5.74, 6) is 0.865. The third-order valence-corrected chi connectivity index (χ3v) is 5.82. The number of methoxy groups -OCH3 is 2. The molecule has 0 saturated carbocycles. The molecule has 7 heteroatoms. The van der Waals surface area contributed by atoms with E-state index in [1.54, 1.807) is 32.4 Å². The van der Waals surface area contributed by atoms with Gasteiger partial charge in [-0.05, 0) is 49.4 Å². The van der Waals surface area contributed by atoms with Gasteiger partial charge in [0.1, 0.15) is 11.5 Å². The first-order chi connectivity index (χ1) is 15.4. The molecule has 0 saturated heterocycles. The van der Waals surface area contributed by atoms with Crippen LogP contribution >= 0.6 is 11.8 Å². The second kappa shape index (κ2) is 10.7. The Labute approximate surface area is 192 Å². The molecule has 0 radical (unpaired) electrons. The zero-order valence-corrected chi connectivity index (χ0v) is 19.3. The Kier molecular flexibility index (Phi) is 7.78. The molecular weight excluding hydrogens is 424 g/mol. The summed E-state index contributed by atoms with van der Waals surface area (Å²) in [5, 5.41) is 5.74. The van der Waals surface area contributed by atoms with Crippen molar-refractivity contribution >= 4 is 29.3 Å². The minimum Gasteiger partial charge on any atom is -0.497 e. The average molecular weight is 451 g/mol. The maximum absolute atomic E-state index is 12.8. The summed E-state index contributed by atoms with van der Waals surface area (Å²) in [4.78, 5) is 26.4. The summed E-state index contributed by atoms with van der Waals surface area (Å²) in [6, 6.07) is 18.9. The smallest absolute Gasteiger partial charge is 0.251 e. The van der Waals surface area contributed by atoms with Gasteiger partial charge in [0, 0.05) is 40.5 Å². The molecule has 0 fully saturated rings. The van der Waals surface area contributed by atoms with Crippen LogP contribution in [0.15, 0.2) is 70.5 Å². The lowest BCUT2D eigenvalue weighted by molar-refractivity contribution is -0.114. The molecule has 0 spiro atoms. The van der Waals surface area contributed by atoms with Crippen LogP contribution in [0.25, 0.3) is 0 Å². The van der Waals surface area contributed by atoms with Gasteiger partial charge in [-0.1, -0.05) is 29.5 Å². The molecule has 32 heavy (non-hydrogen) atoms. The lowest BCUT2D eigenvalue weighted by atomic mass is 10.1. The minimum absolute atomic E-state index is 0.198. The Bertz CT molecular complexity index is 1110. The largest absolute Gasteiger partial charge is 0.497 e. The van der Waals surface area contributed by atoms with Gasteiger partial charge in [-0.15, -0.1) is 0 Å². The Morgan fingerprint density at radius 1 is 0.938 bits per heavy atom. The Balaban J connectivity index is 1.77. The van der Waals surface area contributed by atoms with Crippen molar-refractivity contribution in [1.82, 2.24) is 5.32 Å². The molecule has 166 valence electrons. The topological polar surface area (TPSA) is 76.7 Å². The first-order valence-corrected chi connectivity index (χ1v) is 10.9. The van der Waals surface area contributed by atoms with Crippen molar-refractivity contribution in [3.8, 4) is 11.5 Å². The molecule has 0 atom stereocenters. The van der Waals surface area contributed by atoms with Crippen LogP contribution in [0.4, 0.5) is 5.69 Å². The summed E-state index contributed by atoms with van der Waals surface area (Å²) in [6.07, 6.45) is 0. The van der Waals surface area contributed by atoms with Gasteiger partial charge in [-0.2, -0.15) is 0 Å². The van der Waals surface area contributed by atoms with Gasteiger partial charge in [0.25, 0.3) is 5.91 Å². The van der Waals surface area contributed by atoms with E-state index in [1.807, 2.05) is 49.4 Å². The molecule has 3 aromatic carbocycles. The van der Waals surface area contributed by atoms with Gasteiger partial charge in [-0.3, -0.25) is 9.59 Å². The van der Waals surface area contributed by atoms with E-state index in [1.165, 1.54) is 24.2 Å². The minimum atomic E-state index is -0.249. The number of nitrogens with one attached hydrogen (secondary N) is 2. The third kappa shape index (κ3) is 6.04. The predicted molar refractivity (Wildman–Crippen MR) is 127 cm³/mol. The third-order valence-electron chi connectivity index (χ3n) is 4.73. The lowest BCUT2D eigenvalue weighted by Crippen LogP contribution is -2.23. The molecule has 0 aliphatic heterocycles. The Hall–Kier alpha value is -3.45. The van der Waals surface area contributed by atoms with Gasteiger partial charge in [-0.25, -0.2) is 0 Å². The van der Waals surface area contributed by atoms with Crippen LogP contribution in [0.5, 0.6) is 11.5 Å². The molecular formula is C25H26N2O4S. The van der Waals surface area contributed by atoms with Gasteiger partial charge < -0.3 is 20.1 Å². The first-order valence-electron chi connectivity index (χ1n) is 10.0. The van der Waals surface area contributed by atoms with E-state index in [9.17, 15) is 9.59 Å². The Morgan fingerprint density at radius 3 is 2.34 bits per heavy atom. The lowest BCUT2D eigenvalue weighted by Gasteiger charge is -2.14. The van der Waals surface area contributed by atoms with E-state index in [4.69, 9.17) is 9.47 Å². The summed E-state index contributed by atoms with van der Waals surface area (Å²) in [5.41, 5.74) is 3.06. The van der Waals surface area contributed by atoms with Crippen molar-refractivity contribution in [2.24, 2.45) is 0 Å². The number of hydrogen-bond acceptors (Lipinski definition) is 5. The summed E-state index contributed by atoms with van der Waals surface area (Å²) in [6.45, 7) is 3.77. The maximum atomic E-state index is 12.8. The summed E-state index contributed by atoms with van der Waals surface area (Å²) >= 11 is 1.53. The van der Waals surface area contributed by atoms with Crippen molar-refractivity contribution in [1.29, 1.82) is 0 Å². The number of ether oxygens (including phenoxy) is 2. The maximum Gasteiger partial charge on any atom is 0.251 e. The van der Waals surface area contributed by atoms with Crippen LogP contribution in [-0.2, 0) is 11.3 Å². The quantitative estimate of drug-likeness (QED) is 0.502. The molecule has 3 rings (SSSR count). The van der Waals surface area contributed by atoms with Crippen LogP contribution in [0.3, 0.4) is 0 Å². The highest BCUT2D eigenvalue weighted by Gasteiger charge is 2.13. The van der Waals surface area contributed by atoms with Gasteiger partial charge in [0.2, 0.25) is 5.91 Å². The highest BCUT2D eigenvalue weighted by molar-refractivity contribution is 7.99. The van der Waals surface area contributed by atoms with Gasteiger partial charge in [0.15, 0.2) is 0 Å². The van der Waals surface area contributed by atoms with Crippen LogP contribution in [0.1, 0.15) is 28.4 Å². The number of aryl methyl sites for hydroxylation is 1. The van der Waals surface area contributed by atoms with E-state index >= 15 is 0 Å². The molecule has 0 unspecified atom stereocenters. The van der Waals surface area contributed by atoms with Crippen molar-refractivity contribution in [2.45, 2.75) is 30.2 Å². The second-order valence-corrected chi connectivity index (χ2v) is 8.28. The van der Waals surface area contributed by atoms with E-state index in [0.29, 0.717) is 29.3 Å². The normalized spacial score (nSPS) is 10.4. The predicted octanol–water partition coefficient (Wildman–Crippen LogP) is 5.05. The number of carbonyl (C=O) groups is 2. The number of anilines is 1. The van der Waals surface area contributed by atoms with E-state index in [-0.39, 0.29) is 11.8 Å². The molecule has 3 aromatic rings. The van der Waals surface area contributed by atoms with Crippen molar-refractivity contribution in [3.05, 3.63) is 77.4 Å². The number of hydrogen-bond donors (Lipinski definition) is 2. The molecule has 0 aromatic heterocycles. The molecule has 2 N–H and O–H groups in total. The molecule has 0 aliphatic rings. The zero-order valence-electron chi connectivity index (χ0n) is 18.5. The fourth-order valence-electron chi connectivity index (χ4n) is 3.06. The van der Waals surface area contributed by atoms with Crippen molar-refractivity contribution in [3.63, 3.8) is 0 Å². The summed E-state index contributed by atoms with van der Waals surface area (Å²) < 4.78 is 10.6. The van der Waals surface area contributed by atoms with E-state index < -0.39 is 0 Å². The Morgan fingerprint density at radius 2 is 1.69 bits per heavy atom. The zero-order chi connectivity index (χ0) is 23.1. The SMILES string of the molecule is COc1ccc(CNC(=O)c2ccc(Sc3ccc(C)cc3)c(NC(C)=O)c2)c(OC)c1. The molecule has 2 amide bonds. The monoisotopic (exact) mass is 450 g/mol. The molecule has 0 bridgehead atoms. The highest BCUT2D eigenvalue weighted by Crippen LogP contribution is 2.34. The summed E-state index contributed by atoms with van der Waals surface area (Å²) in [7, 11) is 3.16.